The zero-order chi connectivity index (χ0) is 18.1. The van der Waals surface area contributed by atoms with Crippen molar-refractivity contribution in [3.63, 3.8) is 0 Å². The molecule has 0 fully saturated rings. The van der Waals surface area contributed by atoms with Gasteiger partial charge in [0.05, 0.1) is 5.56 Å². The molecule has 0 aliphatic rings. The van der Waals surface area contributed by atoms with Crippen molar-refractivity contribution in [3.05, 3.63) is 34.3 Å². The van der Waals surface area contributed by atoms with E-state index >= 15 is 0 Å². The van der Waals surface area contributed by atoms with E-state index in [0.29, 0.717) is 16.6 Å². The van der Waals surface area contributed by atoms with Crippen molar-refractivity contribution >= 4 is 33.7 Å². The Morgan fingerprint density at radius 1 is 1.21 bits per heavy atom. The highest BCUT2D eigenvalue weighted by Gasteiger charge is 2.27. The first kappa shape index (κ1) is 20.2. The van der Waals surface area contributed by atoms with Crippen LogP contribution in [-0.2, 0) is 14.3 Å². The Kier molecular flexibility index (Phi) is 8.46. The fraction of sp³-hybridized carbons (Fsp3) is 0.471. The van der Waals surface area contributed by atoms with E-state index in [1.54, 1.807) is 38.1 Å². The van der Waals surface area contributed by atoms with Crippen molar-refractivity contribution in [2.45, 2.75) is 33.2 Å². The van der Waals surface area contributed by atoms with Gasteiger partial charge in [-0.25, -0.2) is 4.79 Å². The lowest BCUT2D eigenvalue weighted by atomic mass is 10.0. The summed E-state index contributed by atoms with van der Waals surface area (Å²) in [4.78, 5) is 36.0. The minimum atomic E-state index is -0.830. The Morgan fingerprint density at radius 2 is 1.88 bits per heavy atom. The van der Waals surface area contributed by atoms with Crippen LogP contribution in [-0.4, -0.2) is 37.0 Å². The van der Waals surface area contributed by atoms with Gasteiger partial charge in [-0.05, 0) is 40.4 Å². The molecule has 0 saturated carbocycles. The van der Waals surface area contributed by atoms with Crippen LogP contribution in [0.2, 0.25) is 0 Å². The van der Waals surface area contributed by atoms with Crippen molar-refractivity contribution < 1.29 is 19.1 Å². The monoisotopic (exact) mass is 398 g/mol. The second kappa shape index (κ2) is 10.1. The topological polar surface area (TPSA) is 84.5 Å². The molecule has 0 spiro atoms. The molecule has 0 unspecified atom stereocenters. The molecule has 7 heteroatoms. The van der Waals surface area contributed by atoms with E-state index in [1.807, 2.05) is 6.92 Å². The number of carbonyl (C=O) groups is 3. The van der Waals surface area contributed by atoms with Gasteiger partial charge >= 0.3 is 5.97 Å². The quantitative estimate of drug-likeness (QED) is 0.657. The van der Waals surface area contributed by atoms with Crippen LogP contribution in [0.4, 0.5) is 0 Å². The number of ether oxygens (including phenoxy) is 1. The average Bonchev–Trinajstić information content (AvgIpc) is 2.55. The molecule has 0 aromatic heterocycles. The number of carbonyl (C=O) groups excluding carboxylic acids is 3. The third kappa shape index (κ3) is 6.31. The molecule has 132 valence electrons. The predicted molar refractivity (Wildman–Crippen MR) is 94.5 cm³/mol. The molecule has 1 rings (SSSR count). The molecule has 0 radical (unpaired) electrons. The van der Waals surface area contributed by atoms with Crippen LogP contribution in [0.3, 0.4) is 0 Å². The van der Waals surface area contributed by atoms with E-state index in [9.17, 15) is 14.4 Å². The smallest absolute Gasteiger partial charge is 0.329 e. The Labute approximate surface area is 150 Å². The molecule has 0 aliphatic heterocycles. The summed E-state index contributed by atoms with van der Waals surface area (Å²) >= 11 is 3.30. The largest absolute Gasteiger partial charge is 0.454 e. The number of rotatable bonds is 8. The molecule has 0 heterocycles. The first-order valence-electron chi connectivity index (χ1n) is 7.85. The van der Waals surface area contributed by atoms with Gasteiger partial charge in [0, 0.05) is 11.0 Å². The Hall–Kier alpha value is -1.89. The maximum atomic E-state index is 12.3. The fourth-order valence-electron chi connectivity index (χ4n) is 1.90. The van der Waals surface area contributed by atoms with Gasteiger partial charge in [0.1, 0.15) is 6.04 Å². The van der Waals surface area contributed by atoms with E-state index in [0.717, 1.165) is 6.42 Å². The first-order chi connectivity index (χ1) is 11.4. The zero-order valence-corrected chi connectivity index (χ0v) is 15.7. The van der Waals surface area contributed by atoms with Crippen LogP contribution < -0.4 is 10.6 Å². The van der Waals surface area contributed by atoms with Crippen molar-refractivity contribution in [2.24, 2.45) is 5.92 Å². The second-order valence-corrected chi connectivity index (χ2v) is 6.49. The second-order valence-electron chi connectivity index (χ2n) is 5.63. The fourth-order valence-corrected chi connectivity index (χ4v) is 2.37. The lowest BCUT2D eigenvalue weighted by Gasteiger charge is -2.21. The SMILES string of the molecule is CCCNC(=O)COC(=O)[C@@H](NC(=O)c1ccccc1Br)C(C)C. The van der Waals surface area contributed by atoms with Crippen LogP contribution in [0.1, 0.15) is 37.6 Å². The van der Waals surface area contributed by atoms with Crippen LogP contribution in [0.25, 0.3) is 0 Å². The molecule has 24 heavy (non-hydrogen) atoms. The third-order valence-electron chi connectivity index (χ3n) is 3.24. The summed E-state index contributed by atoms with van der Waals surface area (Å²) in [5.41, 5.74) is 0.427. The van der Waals surface area contributed by atoms with Crippen molar-refractivity contribution in [3.8, 4) is 0 Å². The summed E-state index contributed by atoms with van der Waals surface area (Å²) in [6, 6.07) is 6.10. The number of halogens is 1. The van der Waals surface area contributed by atoms with Gasteiger partial charge in [0.2, 0.25) is 0 Å². The van der Waals surface area contributed by atoms with E-state index in [2.05, 4.69) is 26.6 Å². The van der Waals surface area contributed by atoms with Gasteiger partial charge in [-0.15, -0.1) is 0 Å². The normalized spacial score (nSPS) is 11.7. The number of benzene rings is 1. The lowest BCUT2D eigenvalue weighted by Crippen LogP contribution is -2.46. The number of hydrogen-bond donors (Lipinski definition) is 2. The number of amides is 2. The standard InChI is InChI=1S/C17H23BrN2O4/c1-4-9-19-14(21)10-24-17(23)15(11(2)3)20-16(22)12-7-5-6-8-13(12)18/h5-8,11,15H,4,9-10H2,1-3H3,(H,19,21)(H,20,22)/t15-/m0/s1. The summed E-state index contributed by atoms with van der Waals surface area (Å²) in [7, 11) is 0. The Balaban J connectivity index is 2.66. The van der Waals surface area contributed by atoms with Gasteiger partial charge in [-0.3, -0.25) is 9.59 Å². The highest BCUT2D eigenvalue weighted by molar-refractivity contribution is 9.10. The molecule has 6 nitrogen and oxygen atoms in total. The molecule has 2 amide bonds. The Bertz CT molecular complexity index is 590. The summed E-state index contributed by atoms with van der Waals surface area (Å²) in [5, 5.41) is 5.29. The minimum Gasteiger partial charge on any atom is -0.454 e. The van der Waals surface area contributed by atoms with Crippen LogP contribution in [0, 0.1) is 5.92 Å². The number of esters is 1. The van der Waals surface area contributed by atoms with Crippen molar-refractivity contribution in [2.75, 3.05) is 13.2 Å². The number of hydrogen-bond acceptors (Lipinski definition) is 4. The van der Waals surface area contributed by atoms with Crippen LogP contribution >= 0.6 is 15.9 Å². The molecule has 1 aromatic rings. The number of nitrogens with one attached hydrogen (secondary N) is 2. The minimum absolute atomic E-state index is 0.178. The summed E-state index contributed by atoms with van der Waals surface area (Å²) < 4.78 is 5.65. The van der Waals surface area contributed by atoms with E-state index in [4.69, 9.17) is 4.74 Å². The molecule has 0 bridgehead atoms. The van der Waals surface area contributed by atoms with Gasteiger partial charge in [0.15, 0.2) is 6.61 Å². The molecular weight excluding hydrogens is 376 g/mol. The summed E-state index contributed by atoms with van der Waals surface area (Å²) in [6.45, 7) is 5.70. The Morgan fingerprint density at radius 3 is 2.46 bits per heavy atom. The first-order valence-corrected chi connectivity index (χ1v) is 8.64. The maximum absolute atomic E-state index is 12.3. The summed E-state index contributed by atoms with van der Waals surface area (Å²) in [6.07, 6.45) is 0.802. The predicted octanol–water partition coefficient (Wildman–Crippen LogP) is 2.27. The van der Waals surface area contributed by atoms with Gasteiger partial charge in [0.25, 0.3) is 11.8 Å². The van der Waals surface area contributed by atoms with Gasteiger partial charge < -0.3 is 15.4 Å². The van der Waals surface area contributed by atoms with E-state index in [1.165, 1.54) is 0 Å². The highest BCUT2D eigenvalue weighted by atomic mass is 79.9. The average molecular weight is 399 g/mol. The van der Waals surface area contributed by atoms with E-state index in [-0.39, 0.29) is 24.3 Å². The van der Waals surface area contributed by atoms with Gasteiger partial charge in [-0.2, -0.15) is 0 Å². The lowest BCUT2D eigenvalue weighted by molar-refractivity contribution is -0.151. The van der Waals surface area contributed by atoms with Gasteiger partial charge in [-0.1, -0.05) is 32.9 Å². The third-order valence-corrected chi connectivity index (χ3v) is 3.93. The molecular formula is C17H23BrN2O4. The van der Waals surface area contributed by atoms with Crippen LogP contribution in [0.15, 0.2) is 28.7 Å². The van der Waals surface area contributed by atoms with Crippen LogP contribution in [0.5, 0.6) is 0 Å². The molecule has 1 atom stereocenters. The molecule has 0 saturated heterocycles. The van der Waals surface area contributed by atoms with Crippen molar-refractivity contribution in [1.29, 1.82) is 0 Å². The maximum Gasteiger partial charge on any atom is 0.329 e. The highest BCUT2D eigenvalue weighted by Crippen LogP contribution is 2.16. The zero-order valence-electron chi connectivity index (χ0n) is 14.1. The van der Waals surface area contributed by atoms with Crippen molar-refractivity contribution in [1.82, 2.24) is 10.6 Å². The van der Waals surface area contributed by atoms with E-state index < -0.39 is 12.0 Å². The molecule has 2 N–H and O–H groups in total. The summed E-state index contributed by atoms with van der Waals surface area (Å²) in [5.74, 6) is -1.54. The molecule has 1 aromatic carbocycles. The molecule has 0 aliphatic carbocycles.